The second-order valence-electron chi connectivity index (χ2n) is 13.4. The van der Waals surface area contributed by atoms with E-state index in [9.17, 15) is 14.4 Å². The highest BCUT2D eigenvalue weighted by Crippen LogP contribution is 2.42. The SMILES string of the molecule is CC(C)(C)Cc1ccc(OCC(=O)Nc2cccc(C(=O)NN3N=CCC3=O)c2-c2c(Cl)cc(Cl)cc2Cl)c(CC(C)(C)C)c1. The topological polar surface area (TPSA) is 100 Å². The molecule has 0 aromatic heterocycles. The van der Waals surface area contributed by atoms with Crippen molar-refractivity contribution in [3.63, 3.8) is 0 Å². The average Bonchev–Trinajstić information content (AvgIpc) is 3.30. The maximum absolute atomic E-state index is 13.4. The van der Waals surface area contributed by atoms with Crippen LogP contribution in [-0.4, -0.2) is 35.7 Å². The molecule has 3 aromatic carbocycles. The number of anilines is 1. The molecule has 11 heteroatoms. The van der Waals surface area contributed by atoms with Crippen molar-refractivity contribution in [2.75, 3.05) is 11.9 Å². The summed E-state index contributed by atoms with van der Waals surface area (Å²) in [5, 5.41) is 8.21. The fourth-order valence-corrected chi connectivity index (χ4v) is 6.04. The number of hydrazone groups is 1. The molecule has 1 heterocycles. The summed E-state index contributed by atoms with van der Waals surface area (Å²) < 4.78 is 6.07. The summed E-state index contributed by atoms with van der Waals surface area (Å²) in [6, 6.07) is 13.8. The van der Waals surface area contributed by atoms with Crippen LogP contribution in [0, 0.1) is 10.8 Å². The van der Waals surface area contributed by atoms with Crippen molar-refractivity contribution < 1.29 is 19.1 Å². The monoisotopic (exact) mass is 670 g/mol. The van der Waals surface area contributed by atoms with Gasteiger partial charge in [-0.15, -0.1) is 5.12 Å². The van der Waals surface area contributed by atoms with Crippen LogP contribution in [0.4, 0.5) is 5.69 Å². The minimum absolute atomic E-state index is 0.00124. The molecule has 8 nitrogen and oxygen atoms in total. The number of hydrogen-bond acceptors (Lipinski definition) is 5. The minimum Gasteiger partial charge on any atom is -0.483 e. The van der Waals surface area contributed by atoms with Crippen molar-refractivity contribution in [3.8, 4) is 16.9 Å². The van der Waals surface area contributed by atoms with Crippen LogP contribution in [0.2, 0.25) is 15.1 Å². The normalized spacial score (nSPS) is 13.3. The van der Waals surface area contributed by atoms with Crippen molar-refractivity contribution >= 4 is 64.4 Å². The lowest BCUT2D eigenvalue weighted by molar-refractivity contribution is -0.130. The minimum atomic E-state index is -0.658. The lowest BCUT2D eigenvalue weighted by Crippen LogP contribution is -2.40. The number of rotatable bonds is 9. The number of nitrogens with zero attached hydrogens (tertiary/aromatic N) is 2. The molecule has 3 amide bonds. The Morgan fingerprint density at radius 2 is 1.58 bits per heavy atom. The number of hydrazine groups is 1. The summed E-state index contributed by atoms with van der Waals surface area (Å²) in [4.78, 5) is 38.8. The van der Waals surface area contributed by atoms with Gasteiger partial charge in [0.05, 0.1) is 22.0 Å². The van der Waals surface area contributed by atoms with Gasteiger partial charge < -0.3 is 10.1 Å². The fraction of sp³-hybridized carbons (Fsp3) is 0.353. The van der Waals surface area contributed by atoms with Gasteiger partial charge in [0.1, 0.15) is 5.75 Å². The van der Waals surface area contributed by atoms with E-state index in [0.717, 1.165) is 23.5 Å². The van der Waals surface area contributed by atoms with E-state index in [1.165, 1.54) is 30.0 Å². The summed E-state index contributed by atoms with van der Waals surface area (Å²) in [6.07, 6.45) is 3.12. The van der Waals surface area contributed by atoms with E-state index in [-0.39, 0.29) is 56.3 Å². The van der Waals surface area contributed by atoms with Gasteiger partial charge >= 0.3 is 0 Å². The standard InChI is InChI=1S/C34H37Cl3N4O4/c1-33(2,3)17-20-10-11-27(21(14-20)18-34(4,5)6)45-19-28(42)39-26-9-7-8-23(32(44)40-41-29(43)12-13-38-41)30(26)31-24(36)15-22(35)16-25(31)37/h7-11,13-16H,12,17-19H2,1-6H3,(H,39,42)(H,40,44). The van der Waals surface area contributed by atoms with E-state index in [1.807, 2.05) is 12.1 Å². The van der Waals surface area contributed by atoms with Crippen LogP contribution >= 0.6 is 34.8 Å². The molecule has 0 atom stereocenters. The Morgan fingerprint density at radius 3 is 2.18 bits per heavy atom. The van der Waals surface area contributed by atoms with Gasteiger partial charge in [0.15, 0.2) is 6.61 Å². The lowest BCUT2D eigenvalue weighted by Gasteiger charge is -2.23. The van der Waals surface area contributed by atoms with Crippen LogP contribution in [0.15, 0.2) is 53.6 Å². The maximum Gasteiger partial charge on any atom is 0.272 e. The number of halogens is 3. The van der Waals surface area contributed by atoms with Gasteiger partial charge in [0.25, 0.3) is 17.7 Å². The molecule has 0 unspecified atom stereocenters. The summed E-state index contributed by atoms with van der Waals surface area (Å²) in [7, 11) is 0. The van der Waals surface area contributed by atoms with Gasteiger partial charge in [0.2, 0.25) is 0 Å². The molecule has 0 radical (unpaired) electrons. The molecule has 238 valence electrons. The van der Waals surface area contributed by atoms with Crippen molar-refractivity contribution in [3.05, 3.63) is 80.3 Å². The third-order valence-corrected chi connectivity index (χ3v) is 7.50. The van der Waals surface area contributed by atoms with E-state index >= 15 is 0 Å². The lowest BCUT2D eigenvalue weighted by atomic mass is 9.84. The summed E-state index contributed by atoms with van der Waals surface area (Å²) >= 11 is 19.3. The van der Waals surface area contributed by atoms with Gasteiger partial charge in [-0.1, -0.05) is 94.5 Å². The molecular weight excluding hydrogens is 635 g/mol. The summed E-state index contributed by atoms with van der Waals surface area (Å²) in [5.74, 6) is -0.888. The Hall–Kier alpha value is -3.59. The van der Waals surface area contributed by atoms with E-state index in [1.54, 1.807) is 12.1 Å². The van der Waals surface area contributed by atoms with Crippen molar-refractivity contribution in [1.82, 2.24) is 10.5 Å². The highest BCUT2D eigenvalue weighted by molar-refractivity contribution is 6.42. The highest BCUT2D eigenvalue weighted by Gasteiger charge is 2.26. The molecule has 3 aromatic rings. The Bertz CT molecular complexity index is 1640. The van der Waals surface area contributed by atoms with E-state index < -0.39 is 17.7 Å². The highest BCUT2D eigenvalue weighted by atomic mass is 35.5. The van der Waals surface area contributed by atoms with Gasteiger partial charge in [0, 0.05) is 28.1 Å². The number of nitrogens with one attached hydrogen (secondary N) is 2. The van der Waals surface area contributed by atoms with Crippen LogP contribution < -0.4 is 15.5 Å². The number of carbonyl (C=O) groups excluding carboxylic acids is 3. The zero-order valence-corrected chi connectivity index (χ0v) is 28.5. The molecule has 0 fully saturated rings. The Balaban J connectivity index is 1.64. The molecule has 0 spiro atoms. The second kappa shape index (κ2) is 13.8. The van der Waals surface area contributed by atoms with Crippen LogP contribution in [0.5, 0.6) is 5.75 Å². The van der Waals surface area contributed by atoms with Gasteiger partial charge in [-0.2, -0.15) is 5.10 Å². The van der Waals surface area contributed by atoms with E-state index in [4.69, 9.17) is 39.5 Å². The predicted octanol–water partition coefficient (Wildman–Crippen LogP) is 8.37. The molecule has 0 aliphatic carbocycles. The molecule has 0 saturated heterocycles. The van der Waals surface area contributed by atoms with Gasteiger partial charge in [-0.05, 0) is 65.1 Å². The number of benzene rings is 3. The fourth-order valence-electron chi connectivity index (χ4n) is 5.03. The predicted molar refractivity (Wildman–Crippen MR) is 181 cm³/mol. The second-order valence-corrected chi connectivity index (χ2v) is 14.6. The first-order valence-electron chi connectivity index (χ1n) is 14.5. The maximum atomic E-state index is 13.4. The molecule has 4 rings (SSSR count). The van der Waals surface area contributed by atoms with Crippen molar-refractivity contribution in [1.29, 1.82) is 0 Å². The van der Waals surface area contributed by atoms with E-state index in [2.05, 4.69) is 63.5 Å². The van der Waals surface area contributed by atoms with Gasteiger partial charge in [-0.25, -0.2) is 5.43 Å². The third-order valence-electron chi connectivity index (χ3n) is 6.69. The third kappa shape index (κ3) is 9.22. The van der Waals surface area contributed by atoms with E-state index in [0.29, 0.717) is 10.8 Å². The van der Waals surface area contributed by atoms with Gasteiger partial charge in [-0.3, -0.25) is 14.4 Å². The van der Waals surface area contributed by atoms with Crippen LogP contribution in [0.25, 0.3) is 11.1 Å². The number of ether oxygens (including phenoxy) is 1. The summed E-state index contributed by atoms with van der Waals surface area (Å²) in [6.45, 7) is 12.8. The quantitative estimate of drug-likeness (QED) is 0.239. The Kier molecular flexibility index (Phi) is 10.5. The molecule has 1 aliphatic rings. The van der Waals surface area contributed by atoms with Crippen LogP contribution in [-0.2, 0) is 22.4 Å². The zero-order valence-electron chi connectivity index (χ0n) is 26.2. The first-order valence-corrected chi connectivity index (χ1v) is 15.6. The Morgan fingerprint density at radius 1 is 0.911 bits per heavy atom. The zero-order chi connectivity index (χ0) is 33.1. The van der Waals surface area contributed by atoms with Crippen LogP contribution in [0.3, 0.4) is 0 Å². The smallest absolute Gasteiger partial charge is 0.272 e. The number of hydrogen-bond donors (Lipinski definition) is 2. The first kappa shape index (κ1) is 34.3. The summed E-state index contributed by atoms with van der Waals surface area (Å²) in [5.41, 5.74) is 5.70. The Labute approximate surface area is 279 Å². The van der Waals surface area contributed by atoms with Crippen molar-refractivity contribution in [2.24, 2.45) is 15.9 Å². The average molecular weight is 672 g/mol. The molecule has 45 heavy (non-hydrogen) atoms. The largest absolute Gasteiger partial charge is 0.483 e. The number of carbonyl (C=O) groups is 3. The first-order chi connectivity index (χ1) is 21.0. The molecule has 1 aliphatic heterocycles. The molecule has 0 saturated carbocycles. The molecule has 0 bridgehead atoms. The molecular formula is C34H37Cl3N4O4. The van der Waals surface area contributed by atoms with Crippen LogP contribution in [0.1, 0.15) is 69.4 Å². The van der Waals surface area contributed by atoms with Crippen molar-refractivity contribution in [2.45, 2.75) is 60.8 Å². The molecule has 2 N–H and O–H groups in total. The number of amides is 3.